The Morgan fingerprint density at radius 3 is 1.77 bits per heavy atom. The number of alkyl halides is 3. The van der Waals surface area contributed by atoms with Gasteiger partial charge in [0, 0.05) is 5.88 Å². The van der Waals surface area contributed by atoms with Gasteiger partial charge in [-0.2, -0.15) is 0 Å². The molecule has 1 unspecified atom stereocenters. The molecular weight excluding hydrogens is 271 g/mol. The van der Waals surface area contributed by atoms with E-state index < -0.39 is 0 Å². The molecule has 1 atom stereocenters. The van der Waals surface area contributed by atoms with Crippen LogP contribution in [0.1, 0.15) is 51.4 Å². The molecule has 0 aromatic carbocycles. The molecule has 0 radical (unpaired) electrons. The summed E-state index contributed by atoms with van der Waals surface area (Å²) in [4.78, 5) is 0. The molecule has 0 rings (SSSR count). The van der Waals surface area contributed by atoms with Crippen LogP contribution in [0.2, 0.25) is 0 Å². The number of hydrogen-bond acceptors (Lipinski definition) is 0. The highest BCUT2D eigenvalue weighted by Gasteiger charge is 1.97. The minimum absolute atomic E-state index is 0.170. The fraction of sp³-hybridized carbons (Fsp3) is 1.00. The third kappa shape index (κ3) is 13.1. The smallest absolute Gasteiger partial charge is 0.0886 e. The number of hydrogen-bond donors (Lipinski definition) is 0. The molecule has 80 valence electrons. The molecule has 0 nitrogen and oxygen atoms in total. The molecule has 0 heterocycles. The lowest BCUT2D eigenvalue weighted by Crippen LogP contribution is -1.86. The van der Waals surface area contributed by atoms with E-state index in [0.29, 0.717) is 0 Å². The van der Waals surface area contributed by atoms with E-state index in [2.05, 4.69) is 15.9 Å². The molecule has 0 N–H and O–H groups in total. The van der Waals surface area contributed by atoms with Gasteiger partial charge in [-0.05, 0) is 12.8 Å². The maximum atomic E-state index is 5.76. The van der Waals surface area contributed by atoms with E-state index in [1.54, 1.807) is 0 Å². The van der Waals surface area contributed by atoms with E-state index in [1.165, 1.54) is 44.9 Å². The van der Waals surface area contributed by atoms with Crippen LogP contribution in [0.5, 0.6) is 0 Å². The summed E-state index contributed by atoms with van der Waals surface area (Å²) >= 11 is 14.7. The highest BCUT2D eigenvalue weighted by atomic mass is 79.9. The van der Waals surface area contributed by atoms with Crippen LogP contribution in [-0.4, -0.2) is 10.2 Å². The van der Waals surface area contributed by atoms with Crippen LogP contribution < -0.4 is 0 Å². The number of unbranched alkanes of at least 4 members (excludes halogenated alkanes) is 6. The number of rotatable bonds is 9. The lowest BCUT2D eigenvalue weighted by Gasteiger charge is -2.01. The molecule has 0 aliphatic heterocycles. The SMILES string of the molecule is ClCCCCCCCCCC(Cl)Br. The normalized spacial score (nSPS) is 13.2. The van der Waals surface area contributed by atoms with Crippen molar-refractivity contribution in [2.24, 2.45) is 0 Å². The minimum atomic E-state index is 0.170. The van der Waals surface area contributed by atoms with Crippen LogP contribution >= 0.6 is 39.1 Å². The largest absolute Gasteiger partial charge is 0.127 e. The molecule has 0 spiro atoms. The molecule has 0 saturated carbocycles. The van der Waals surface area contributed by atoms with Gasteiger partial charge in [-0.1, -0.05) is 54.5 Å². The summed E-state index contributed by atoms with van der Waals surface area (Å²) in [6.07, 6.45) is 10.1. The van der Waals surface area contributed by atoms with Gasteiger partial charge in [0.1, 0.15) is 0 Å². The summed E-state index contributed by atoms with van der Waals surface area (Å²) in [5.41, 5.74) is 0. The standard InChI is InChI=1S/C10H19BrCl2/c11-10(13)8-6-4-2-1-3-5-7-9-12/h10H,1-9H2. The van der Waals surface area contributed by atoms with Crippen molar-refractivity contribution in [3.05, 3.63) is 0 Å². The Balaban J connectivity index is 2.84. The summed E-state index contributed by atoms with van der Waals surface area (Å²) < 4.78 is 0.170. The fourth-order valence-corrected chi connectivity index (χ4v) is 1.94. The monoisotopic (exact) mass is 288 g/mol. The van der Waals surface area contributed by atoms with Crippen LogP contribution in [0.3, 0.4) is 0 Å². The third-order valence-corrected chi connectivity index (χ3v) is 3.00. The van der Waals surface area contributed by atoms with E-state index >= 15 is 0 Å². The van der Waals surface area contributed by atoms with Crippen LogP contribution in [0.25, 0.3) is 0 Å². The molecule has 0 bridgehead atoms. The van der Waals surface area contributed by atoms with Crippen molar-refractivity contribution < 1.29 is 0 Å². The summed E-state index contributed by atoms with van der Waals surface area (Å²) in [6.45, 7) is 0. The molecular formula is C10H19BrCl2. The van der Waals surface area contributed by atoms with Crippen LogP contribution in [0.4, 0.5) is 0 Å². The Morgan fingerprint density at radius 2 is 1.31 bits per heavy atom. The van der Waals surface area contributed by atoms with E-state index in [-0.39, 0.29) is 4.29 Å². The summed E-state index contributed by atoms with van der Waals surface area (Å²) in [5.74, 6) is 0.817. The topological polar surface area (TPSA) is 0 Å². The lowest BCUT2D eigenvalue weighted by molar-refractivity contribution is 0.584. The second-order valence-electron chi connectivity index (χ2n) is 3.34. The van der Waals surface area contributed by atoms with Gasteiger partial charge in [0.25, 0.3) is 0 Å². The zero-order valence-corrected chi connectivity index (χ0v) is 11.2. The second-order valence-corrected chi connectivity index (χ2v) is 5.88. The first-order chi connectivity index (χ1) is 6.27. The van der Waals surface area contributed by atoms with Crippen molar-refractivity contribution in [1.29, 1.82) is 0 Å². The average Bonchev–Trinajstić information content (AvgIpc) is 2.09. The minimum Gasteiger partial charge on any atom is -0.127 e. The van der Waals surface area contributed by atoms with Crippen molar-refractivity contribution in [2.75, 3.05) is 5.88 Å². The first-order valence-electron chi connectivity index (χ1n) is 5.11. The van der Waals surface area contributed by atoms with Gasteiger partial charge in [-0.3, -0.25) is 0 Å². The van der Waals surface area contributed by atoms with Gasteiger partial charge < -0.3 is 0 Å². The summed E-state index contributed by atoms with van der Waals surface area (Å²) in [7, 11) is 0. The Hall–Kier alpha value is 1.06. The summed E-state index contributed by atoms with van der Waals surface area (Å²) in [5, 5.41) is 0. The van der Waals surface area contributed by atoms with Gasteiger partial charge in [0.05, 0.1) is 4.29 Å². The van der Waals surface area contributed by atoms with Crippen LogP contribution in [-0.2, 0) is 0 Å². The van der Waals surface area contributed by atoms with E-state index in [4.69, 9.17) is 23.2 Å². The molecule has 0 aliphatic carbocycles. The zero-order valence-electron chi connectivity index (χ0n) is 8.08. The van der Waals surface area contributed by atoms with Crippen LogP contribution in [0, 0.1) is 0 Å². The Kier molecular flexibility index (Phi) is 12.0. The van der Waals surface area contributed by atoms with Gasteiger partial charge in [0.2, 0.25) is 0 Å². The van der Waals surface area contributed by atoms with E-state index in [1.807, 2.05) is 0 Å². The Bertz CT molecular complexity index is 96.9. The predicted molar refractivity (Wildman–Crippen MR) is 66.2 cm³/mol. The maximum Gasteiger partial charge on any atom is 0.0886 e. The van der Waals surface area contributed by atoms with Crippen LogP contribution in [0.15, 0.2) is 0 Å². The highest BCUT2D eigenvalue weighted by Crippen LogP contribution is 2.15. The summed E-state index contributed by atoms with van der Waals surface area (Å²) in [6, 6.07) is 0. The first-order valence-corrected chi connectivity index (χ1v) is 7.00. The molecule has 0 fully saturated rings. The number of halogens is 3. The highest BCUT2D eigenvalue weighted by molar-refractivity contribution is 9.10. The predicted octanol–water partition coefficient (Wildman–Crippen LogP) is 5.31. The molecule has 13 heavy (non-hydrogen) atoms. The van der Waals surface area contributed by atoms with E-state index in [9.17, 15) is 0 Å². The van der Waals surface area contributed by atoms with Gasteiger partial charge in [-0.15, -0.1) is 23.2 Å². The van der Waals surface area contributed by atoms with Crippen molar-refractivity contribution >= 4 is 39.1 Å². The van der Waals surface area contributed by atoms with E-state index in [0.717, 1.165) is 12.3 Å². The van der Waals surface area contributed by atoms with Gasteiger partial charge in [-0.25, -0.2) is 0 Å². The lowest BCUT2D eigenvalue weighted by atomic mass is 10.1. The second kappa shape index (κ2) is 11.1. The van der Waals surface area contributed by atoms with Gasteiger partial charge in [0.15, 0.2) is 0 Å². The molecule has 0 aromatic rings. The van der Waals surface area contributed by atoms with Crippen molar-refractivity contribution in [3.8, 4) is 0 Å². The maximum absolute atomic E-state index is 5.76. The molecule has 0 amide bonds. The Labute approximate surface area is 100 Å². The van der Waals surface area contributed by atoms with Crippen molar-refractivity contribution in [3.63, 3.8) is 0 Å². The van der Waals surface area contributed by atoms with Crippen molar-refractivity contribution in [2.45, 2.75) is 55.7 Å². The zero-order chi connectivity index (χ0) is 9.94. The third-order valence-electron chi connectivity index (χ3n) is 2.06. The fourth-order valence-electron chi connectivity index (χ4n) is 1.28. The first kappa shape index (κ1) is 14.1. The quantitative estimate of drug-likeness (QED) is 0.399. The van der Waals surface area contributed by atoms with Crippen molar-refractivity contribution in [1.82, 2.24) is 0 Å². The average molecular weight is 290 g/mol. The molecule has 0 aromatic heterocycles. The van der Waals surface area contributed by atoms with Gasteiger partial charge >= 0.3 is 0 Å². The Morgan fingerprint density at radius 1 is 0.846 bits per heavy atom. The molecule has 0 aliphatic rings. The molecule has 3 heteroatoms. The molecule has 0 saturated heterocycles.